The third-order valence-corrected chi connectivity index (χ3v) is 5.08. The van der Waals surface area contributed by atoms with Crippen LogP contribution in [0.15, 0.2) is 29.4 Å². The van der Waals surface area contributed by atoms with Crippen molar-refractivity contribution in [2.24, 2.45) is 5.10 Å². The molecule has 0 atom stereocenters. The molecule has 140 valence electrons. The van der Waals surface area contributed by atoms with Crippen molar-refractivity contribution in [1.82, 2.24) is 10.4 Å². The standard InChI is InChI=1S/C17H14Cl2N4O3S/c1-25-14-9(5-10(18)15(26-2)13(14)19)7-21-23-16(24)8-3-4-11-12(6-8)27-17(20)22-11/h3-7H,1-2H3,(H2,20,22)(H,23,24)/b21-7-. The lowest BCUT2D eigenvalue weighted by atomic mass is 10.2. The number of methoxy groups -OCH3 is 2. The molecule has 0 aliphatic heterocycles. The van der Waals surface area contributed by atoms with Gasteiger partial charge in [-0.05, 0) is 24.3 Å². The molecule has 0 unspecified atom stereocenters. The van der Waals surface area contributed by atoms with Crippen LogP contribution in [-0.2, 0) is 0 Å². The van der Waals surface area contributed by atoms with Gasteiger partial charge >= 0.3 is 0 Å². The van der Waals surface area contributed by atoms with Crippen molar-refractivity contribution in [3.05, 3.63) is 45.4 Å². The number of hydrazone groups is 1. The first-order chi connectivity index (χ1) is 12.9. The molecule has 1 aromatic heterocycles. The molecule has 0 bridgehead atoms. The van der Waals surface area contributed by atoms with Gasteiger partial charge in [-0.2, -0.15) is 5.10 Å². The van der Waals surface area contributed by atoms with Crippen molar-refractivity contribution in [1.29, 1.82) is 0 Å². The van der Waals surface area contributed by atoms with Gasteiger partial charge in [0.15, 0.2) is 10.9 Å². The Kier molecular flexibility index (Phi) is 5.69. The van der Waals surface area contributed by atoms with Crippen molar-refractivity contribution < 1.29 is 14.3 Å². The van der Waals surface area contributed by atoms with Gasteiger partial charge in [-0.15, -0.1) is 0 Å². The van der Waals surface area contributed by atoms with Crippen molar-refractivity contribution in [2.75, 3.05) is 20.0 Å². The zero-order chi connectivity index (χ0) is 19.6. The molecule has 0 saturated carbocycles. The number of nitrogen functional groups attached to an aromatic ring is 1. The summed E-state index contributed by atoms with van der Waals surface area (Å²) < 4.78 is 11.2. The highest BCUT2D eigenvalue weighted by atomic mass is 35.5. The number of carbonyl (C=O) groups excluding carboxylic acids is 1. The molecule has 7 nitrogen and oxygen atoms in total. The molecule has 1 amide bonds. The second kappa shape index (κ2) is 7.99. The van der Waals surface area contributed by atoms with Gasteiger partial charge in [-0.25, -0.2) is 10.4 Å². The van der Waals surface area contributed by atoms with Crippen LogP contribution in [0, 0.1) is 0 Å². The van der Waals surface area contributed by atoms with Gasteiger partial charge in [0.1, 0.15) is 10.8 Å². The van der Waals surface area contributed by atoms with Crippen LogP contribution < -0.4 is 20.6 Å². The lowest BCUT2D eigenvalue weighted by Crippen LogP contribution is -2.17. The van der Waals surface area contributed by atoms with Crippen LogP contribution in [-0.4, -0.2) is 31.3 Å². The zero-order valence-corrected chi connectivity index (χ0v) is 16.6. The van der Waals surface area contributed by atoms with Crippen molar-refractivity contribution >= 4 is 62.0 Å². The Morgan fingerprint density at radius 3 is 2.70 bits per heavy atom. The Labute approximate surface area is 168 Å². The van der Waals surface area contributed by atoms with Gasteiger partial charge in [0, 0.05) is 11.1 Å². The van der Waals surface area contributed by atoms with E-state index in [2.05, 4.69) is 15.5 Å². The number of halogens is 2. The number of thiazole rings is 1. The maximum Gasteiger partial charge on any atom is 0.271 e. The van der Waals surface area contributed by atoms with Crippen LogP contribution in [0.1, 0.15) is 15.9 Å². The zero-order valence-electron chi connectivity index (χ0n) is 14.2. The van der Waals surface area contributed by atoms with Crippen molar-refractivity contribution in [2.45, 2.75) is 0 Å². The second-order valence-corrected chi connectivity index (χ2v) is 7.11. The number of benzene rings is 2. The molecule has 0 spiro atoms. The lowest BCUT2D eigenvalue weighted by Gasteiger charge is -2.12. The van der Waals surface area contributed by atoms with E-state index in [1.807, 2.05) is 0 Å². The smallest absolute Gasteiger partial charge is 0.271 e. The number of anilines is 1. The minimum atomic E-state index is -0.384. The van der Waals surface area contributed by atoms with E-state index in [0.717, 1.165) is 10.2 Å². The van der Waals surface area contributed by atoms with Crippen LogP contribution in [0.25, 0.3) is 10.2 Å². The first-order valence-electron chi connectivity index (χ1n) is 7.54. The summed E-state index contributed by atoms with van der Waals surface area (Å²) in [6, 6.07) is 6.66. The maximum absolute atomic E-state index is 12.3. The minimum Gasteiger partial charge on any atom is -0.494 e. The van der Waals surface area contributed by atoms with Crippen LogP contribution in [0.3, 0.4) is 0 Å². The summed E-state index contributed by atoms with van der Waals surface area (Å²) in [5, 5.41) is 4.91. The third-order valence-electron chi connectivity index (χ3n) is 3.61. The van der Waals surface area contributed by atoms with E-state index >= 15 is 0 Å². The van der Waals surface area contributed by atoms with Crippen LogP contribution in [0.2, 0.25) is 10.0 Å². The van der Waals surface area contributed by atoms with Gasteiger partial charge in [-0.1, -0.05) is 34.5 Å². The number of hydrogen-bond donors (Lipinski definition) is 2. The lowest BCUT2D eigenvalue weighted by molar-refractivity contribution is 0.0955. The van der Waals surface area contributed by atoms with Crippen LogP contribution in [0.4, 0.5) is 5.13 Å². The minimum absolute atomic E-state index is 0.216. The number of carbonyl (C=O) groups is 1. The highest BCUT2D eigenvalue weighted by Crippen LogP contribution is 2.41. The summed E-state index contributed by atoms with van der Waals surface area (Å²) in [4.78, 5) is 16.4. The molecule has 3 rings (SSSR count). The van der Waals surface area contributed by atoms with Gasteiger partial charge in [0.05, 0.1) is 35.7 Å². The van der Waals surface area contributed by atoms with Crippen molar-refractivity contribution in [3.63, 3.8) is 0 Å². The van der Waals surface area contributed by atoms with Gasteiger partial charge in [-0.3, -0.25) is 4.79 Å². The Morgan fingerprint density at radius 2 is 2.00 bits per heavy atom. The summed E-state index contributed by atoms with van der Waals surface area (Å²) in [6.45, 7) is 0. The average Bonchev–Trinajstić information content (AvgIpc) is 3.01. The summed E-state index contributed by atoms with van der Waals surface area (Å²) >= 11 is 13.7. The molecule has 1 heterocycles. The van der Waals surface area contributed by atoms with Gasteiger partial charge in [0.25, 0.3) is 5.91 Å². The first kappa shape index (κ1) is 19.2. The monoisotopic (exact) mass is 424 g/mol. The highest BCUT2D eigenvalue weighted by molar-refractivity contribution is 7.22. The Balaban J connectivity index is 1.81. The summed E-state index contributed by atoms with van der Waals surface area (Å²) in [7, 11) is 2.91. The molecule has 27 heavy (non-hydrogen) atoms. The topological polar surface area (TPSA) is 98.8 Å². The number of hydrogen-bond acceptors (Lipinski definition) is 7. The number of ether oxygens (including phenoxy) is 2. The molecule has 3 N–H and O–H groups in total. The molecule has 0 aliphatic carbocycles. The predicted molar refractivity (Wildman–Crippen MR) is 109 cm³/mol. The first-order valence-corrected chi connectivity index (χ1v) is 9.11. The van der Waals surface area contributed by atoms with Crippen LogP contribution in [0.5, 0.6) is 11.5 Å². The number of amides is 1. The molecule has 0 aliphatic rings. The van der Waals surface area contributed by atoms with Gasteiger partial charge < -0.3 is 15.2 Å². The Bertz CT molecular complexity index is 1050. The quantitative estimate of drug-likeness (QED) is 0.476. The number of aromatic nitrogens is 1. The number of nitrogens with two attached hydrogens (primary N) is 1. The Morgan fingerprint density at radius 1 is 1.26 bits per heavy atom. The second-order valence-electron chi connectivity index (χ2n) is 5.26. The molecule has 10 heteroatoms. The fourth-order valence-corrected chi connectivity index (χ4v) is 3.88. The highest BCUT2D eigenvalue weighted by Gasteiger charge is 2.16. The Hall–Kier alpha value is -2.55. The molecule has 2 aromatic carbocycles. The summed E-state index contributed by atoms with van der Waals surface area (Å²) in [5.41, 5.74) is 9.78. The number of nitrogens with zero attached hydrogens (tertiary/aromatic N) is 2. The van der Waals surface area contributed by atoms with E-state index < -0.39 is 0 Å². The molecule has 0 saturated heterocycles. The van der Waals surface area contributed by atoms with Crippen molar-refractivity contribution in [3.8, 4) is 11.5 Å². The fourth-order valence-electron chi connectivity index (χ4n) is 2.40. The van der Waals surface area contributed by atoms with Gasteiger partial charge in [0.2, 0.25) is 0 Å². The normalized spacial score (nSPS) is 11.1. The predicted octanol–water partition coefficient (Wildman–Crippen LogP) is 3.97. The van der Waals surface area contributed by atoms with Crippen LogP contribution >= 0.6 is 34.5 Å². The number of rotatable bonds is 5. The van der Waals surface area contributed by atoms with E-state index in [1.165, 1.54) is 31.8 Å². The average molecular weight is 425 g/mol. The largest absolute Gasteiger partial charge is 0.494 e. The van der Waals surface area contributed by atoms with E-state index in [0.29, 0.717) is 32.8 Å². The third kappa shape index (κ3) is 3.92. The van der Waals surface area contributed by atoms with E-state index in [-0.39, 0.29) is 10.9 Å². The summed E-state index contributed by atoms with van der Waals surface area (Å²) in [5.74, 6) is 0.246. The number of nitrogens with one attached hydrogen (secondary N) is 1. The fraction of sp³-hybridized carbons (Fsp3) is 0.118. The number of fused-ring (bicyclic) bond motifs is 1. The molecule has 0 fully saturated rings. The molecule has 3 aromatic rings. The SMILES string of the molecule is COc1c(Cl)cc(/C=N\NC(=O)c2ccc3nc(N)sc3c2)c(OC)c1Cl. The maximum atomic E-state index is 12.3. The van der Waals surface area contributed by atoms with E-state index in [4.69, 9.17) is 38.4 Å². The van der Waals surface area contributed by atoms with E-state index in [1.54, 1.807) is 24.3 Å². The molecular weight excluding hydrogens is 411 g/mol. The molecule has 0 radical (unpaired) electrons. The summed E-state index contributed by atoms with van der Waals surface area (Å²) in [6.07, 6.45) is 1.39. The van der Waals surface area contributed by atoms with E-state index in [9.17, 15) is 4.79 Å². The molecular formula is C17H14Cl2N4O3S.